The Balaban J connectivity index is 1.84. The van der Waals surface area contributed by atoms with Crippen LogP contribution in [0.5, 0.6) is 0 Å². The lowest BCUT2D eigenvalue weighted by molar-refractivity contribution is -0.130. The van der Waals surface area contributed by atoms with Gasteiger partial charge in [-0.25, -0.2) is 0 Å². The van der Waals surface area contributed by atoms with Crippen LogP contribution in [0.1, 0.15) is 19.3 Å². The zero-order valence-corrected chi connectivity index (χ0v) is 10.5. The summed E-state index contributed by atoms with van der Waals surface area (Å²) in [5.74, 6) is 0.691. The van der Waals surface area contributed by atoms with Crippen molar-refractivity contribution in [2.45, 2.75) is 25.3 Å². The van der Waals surface area contributed by atoms with Gasteiger partial charge < -0.3 is 10.6 Å². The van der Waals surface area contributed by atoms with E-state index >= 15 is 0 Å². The highest BCUT2D eigenvalue weighted by atomic mass is 16.2. The first-order valence-corrected chi connectivity index (χ1v) is 6.57. The van der Waals surface area contributed by atoms with Gasteiger partial charge in [-0.3, -0.25) is 9.69 Å². The van der Waals surface area contributed by atoms with Gasteiger partial charge in [-0.1, -0.05) is 6.08 Å². The van der Waals surface area contributed by atoms with E-state index in [4.69, 9.17) is 5.73 Å². The fourth-order valence-electron chi connectivity index (χ4n) is 2.92. The van der Waals surface area contributed by atoms with Gasteiger partial charge in [0.2, 0.25) is 5.91 Å². The molecule has 4 nitrogen and oxygen atoms in total. The number of likely N-dealkylation sites (tertiary alicyclic amines) is 2. The second-order valence-corrected chi connectivity index (χ2v) is 5.17. The predicted octanol–water partition coefficient (Wildman–Crippen LogP) is 0.444. The first-order valence-electron chi connectivity index (χ1n) is 6.57. The summed E-state index contributed by atoms with van der Waals surface area (Å²) >= 11 is 0. The standard InChI is InChI=1S/C13H23N3O/c1-2-5-15-6-3-12(4-7-15)16-10-11(9-14)8-13(16)17/h2,11-12H,1,3-10,14H2. The molecule has 17 heavy (non-hydrogen) atoms. The Bertz CT molecular complexity index is 284. The molecule has 4 heteroatoms. The second-order valence-electron chi connectivity index (χ2n) is 5.17. The summed E-state index contributed by atoms with van der Waals surface area (Å²) < 4.78 is 0. The largest absolute Gasteiger partial charge is 0.339 e. The van der Waals surface area contributed by atoms with Crippen molar-refractivity contribution in [2.75, 3.05) is 32.7 Å². The highest BCUT2D eigenvalue weighted by molar-refractivity contribution is 5.79. The van der Waals surface area contributed by atoms with Crippen LogP contribution in [-0.2, 0) is 4.79 Å². The third-order valence-corrected chi connectivity index (χ3v) is 3.96. The number of rotatable bonds is 4. The number of piperidine rings is 1. The molecule has 2 heterocycles. The molecular formula is C13H23N3O. The first kappa shape index (κ1) is 12.6. The number of hydrogen-bond acceptors (Lipinski definition) is 3. The average Bonchev–Trinajstić information content (AvgIpc) is 2.72. The monoisotopic (exact) mass is 237 g/mol. The molecule has 0 aromatic carbocycles. The molecule has 0 bridgehead atoms. The van der Waals surface area contributed by atoms with Crippen LogP contribution in [0.25, 0.3) is 0 Å². The minimum absolute atomic E-state index is 0.308. The molecule has 2 aliphatic rings. The average molecular weight is 237 g/mol. The van der Waals surface area contributed by atoms with Gasteiger partial charge in [-0.15, -0.1) is 6.58 Å². The summed E-state index contributed by atoms with van der Waals surface area (Å²) in [6.07, 6.45) is 4.79. The number of nitrogens with two attached hydrogens (primary N) is 1. The molecule has 0 spiro atoms. The Morgan fingerprint density at radius 3 is 2.65 bits per heavy atom. The lowest BCUT2D eigenvalue weighted by Gasteiger charge is -2.36. The smallest absolute Gasteiger partial charge is 0.223 e. The van der Waals surface area contributed by atoms with Crippen LogP contribution in [0.3, 0.4) is 0 Å². The number of carbonyl (C=O) groups excluding carboxylic acids is 1. The molecule has 0 aliphatic carbocycles. The normalized spacial score (nSPS) is 27.7. The van der Waals surface area contributed by atoms with Gasteiger partial charge in [-0.05, 0) is 25.3 Å². The van der Waals surface area contributed by atoms with Crippen LogP contribution >= 0.6 is 0 Å². The van der Waals surface area contributed by atoms with Gasteiger partial charge in [0.15, 0.2) is 0 Å². The Kier molecular flexibility index (Phi) is 4.18. The number of carbonyl (C=O) groups is 1. The number of nitrogens with zero attached hydrogens (tertiary/aromatic N) is 2. The quantitative estimate of drug-likeness (QED) is 0.722. The van der Waals surface area contributed by atoms with Gasteiger partial charge >= 0.3 is 0 Å². The van der Waals surface area contributed by atoms with Crippen LogP contribution in [0, 0.1) is 5.92 Å². The maximum Gasteiger partial charge on any atom is 0.223 e. The Labute approximate surface area is 103 Å². The van der Waals surface area contributed by atoms with E-state index in [0.29, 0.717) is 30.8 Å². The molecule has 2 saturated heterocycles. The predicted molar refractivity (Wildman–Crippen MR) is 68.5 cm³/mol. The zero-order valence-electron chi connectivity index (χ0n) is 10.5. The van der Waals surface area contributed by atoms with Crippen molar-refractivity contribution >= 4 is 5.91 Å². The Hall–Kier alpha value is -0.870. The summed E-state index contributed by atoms with van der Waals surface area (Å²) in [5, 5.41) is 0. The van der Waals surface area contributed by atoms with Gasteiger partial charge in [-0.2, -0.15) is 0 Å². The van der Waals surface area contributed by atoms with E-state index < -0.39 is 0 Å². The molecular weight excluding hydrogens is 214 g/mol. The third kappa shape index (κ3) is 2.87. The van der Waals surface area contributed by atoms with Crippen molar-refractivity contribution in [1.82, 2.24) is 9.80 Å². The van der Waals surface area contributed by atoms with Crippen molar-refractivity contribution < 1.29 is 4.79 Å². The SMILES string of the molecule is C=CCN1CCC(N2CC(CN)CC2=O)CC1. The van der Waals surface area contributed by atoms with Gasteiger partial charge in [0.25, 0.3) is 0 Å². The van der Waals surface area contributed by atoms with Gasteiger partial charge in [0, 0.05) is 38.6 Å². The molecule has 0 aromatic rings. The van der Waals surface area contributed by atoms with E-state index in [2.05, 4.69) is 16.4 Å². The van der Waals surface area contributed by atoms with Crippen LogP contribution in [0.2, 0.25) is 0 Å². The molecule has 0 radical (unpaired) electrons. The lowest BCUT2D eigenvalue weighted by atomic mass is 10.0. The van der Waals surface area contributed by atoms with Crippen LogP contribution in [0.15, 0.2) is 12.7 Å². The summed E-state index contributed by atoms with van der Waals surface area (Å²) in [5.41, 5.74) is 5.65. The highest BCUT2D eigenvalue weighted by Gasteiger charge is 2.34. The van der Waals surface area contributed by atoms with Crippen molar-refractivity contribution in [3.63, 3.8) is 0 Å². The van der Waals surface area contributed by atoms with E-state index in [1.54, 1.807) is 0 Å². The molecule has 2 aliphatic heterocycles. The Morgan fingerprint density at radius 2 is 2.12 bits per heavy atom. The molecule has 2 fully saturated rings. The maximum absolute atomic E-state index is 11.9. The van der Waals surface area contributed by atoms with E-state index in [1.165, 1.54) is 0 Å². The summed E-state index contributed by atoms with van der Waals surface area (Å²) in [6, 6.07) is 0.445. The maximum atomic E-state index is 11.9. The minimum Gasteiger partial charge on any atom is -0.339 e. The molecule has 1 atom stereocenters. The minimum atomic E-state index is 0.308. The fraction of sp³-hybridized carbons (Fsp3) is 0.769. The van der Waals surface area contributed by atoms with Crippen molar-refractivity contribution in [1.29, 1.82) is 0 Å². The van der Waals surface area contributed by atoms with Crippen LogP contribution < -0.4 is 5.73 Å². The van der Waals surface area contributed by atoms with Gasteiger partial charge in [0.1, 0.15) is 0 Å². The molecule has 1 amide bonds. The summed E-state index contributed by atoms with van der Waals surface area (Å²) in [7, 11) is 0. The second kappa shape index (κ2) is 5.65. The molecule has 2 rings (SSSR count). The zero-order chi connectivity index (χ0) is 12.3. The molecule has 0 saturated carbocycles. The van der Waals surface area contributed by atoms with E-state index in [9.17, 15) is 4.79 Å². The van der Waals surface area contributed by atoms with Gasteiger partial charge in [0.05, 0.1) is 0 Å². The van der Waals surface area contributed by atoms with E-state index in [1.807, 2.05) is 6.08 Å². The topological polar surface area (TPSA) is 49.6 Å². The first-order chi connectivity index (χ1) is 8.24. The fourth-order valence-corrected chi connectivity index (χ4v) is 2.92. The van der Waals surface area contributed by atoms with Crippen molar-refractivity contribution in [3.05, 3.63) is 12.7 Å². The summed E-state index contributed by atoms with van der Waals surface area (Å²) in [6.45, 7) is 8.40. The molecule has 0 aromatic heterocycles. The molecule has 2 N–H and O–H groups in total. The molecule has 96 valence electrons. The van der Waals surface area contributed by atoms with Crippen LogP contribution in [-0.4, -0.2) is 54.5 Å². The Morgan fingerprint density at radius 1 is 1.41 bits per heavy atom. The third-order valence-electron chi connectivity index (χ3n) is 3.96. The van der Waals surface area contributed by atoms with Crippen molar-refractivity contribution in [2.24, 2.45) is 11.7 Å². The lowest BCUT2D eigenvalue weighted by Crippen LogP contribution is -2.45. The molecule has 1 unspecified atom stereocenters. The number of hydrogen-bond donors (Lipinski definition) is 1. The van der Waals surface area contributed by atoms with E-state index in [0.717, 1.165) is 39.0 Å². The van der Waals surface area contributed by atoms with Crippen LogP contribution in [0.4, 0.5) is 0 Å². The highest BCUT2D eigenvalue weighted by Crippen LogP contribution is 2.24. The van der Waals surface area contributed by atoms with E-state index in [-0.39, 0.29) is 0 Å². The van der Waals surface area contributed by atoms with Crippen molar-refractivity contribution in [3.8, 4) is 0 Å². The summed E-state index contributed by atoms with van der Waals surface area (Å²) in [4.78, 5) is 16.4. The number of amides is 1.